The molecule has 0 atom stereocenters. The zero-order valence-electron chi connectivity index (χ0n) is 8.18. The lowest BCUT2D eigenvalue weighted by atomic mass is 10.2. The molecule has 0 N–H and O–H groups in total. The Bertz CT molecular complexity index is 324. The molecule has 0 aliphatic rings. The van der Waals surface area contributed by atoms with Crippen LogP contribution in [0.4, 0.5) is 8.78 Å². The first-order valence-corrected chi connectivity index (χ1v) is 4.42. The van der Waals surface area contributed by atoms with E-state index >= 15 is 0 Å². The summed E-state index contributed by atoms with van der Waals surface area (Å²) in [5.41, 5.74) is 1.12. The monoisotopic (exact) mass is 198 g/mol. The van der Waals surface area contributed by atoms with Crippen LogP contribution in [0.15, 0.2) is 36.1 Å². The summed E-state index contributed by atoms with van der Waals surface area (Å²) in [4.78, 5) is 0. The van der Waals surface area contributed by atoms with Crippen molar-refractivity contribution in [2.45, 2.75) is 20.3 Å². The molecule has 0 aromatic heterocycles. The van der Waals surface area contributed by atoms with Crippen molar-refractivity contribution < 1.29 is 13.5 Å². The quantitative estimate of drug-likeness (QED) is 0.672. The van der Waals surface area contributed by atoms with E-state index in [0.29, 0.717) is 5.75 Å². The molecule has 1 rings (SSSR count). The Morgan fingerprint density at radius 3 is 2.21 bits per heavy atom. The number of benzene rings is 1. The number of aryl methyl sites for hydroxylation is 1. The van der Waals surface area contributed by atoms with Crippen molar-refractivity contribution in [1.82, 2.24) is 0 Å². The SMILES string of the molecule is CCc1ccc(O/C(F)=C(\C)F)cc1. The van der Waals surface area contributed by atoms with Gasteiger partial charge in [0.25, 0.3) is 0 Å². The maximum Gasteiger partial charge on any atom is 0.309 e. The van der Waals surface area contributed by atoms with Gasteiger partial charge in [0, 0.05) is 0 Å². The van der Waals surface area contributed by atoms with Crippen molar-refractivity contribution in [3.8, 4) is 5.75 Å². The summed E-state index contributed by atoms with van der Waals surface area (Å²) in [7, 11) is 0. The first kappa shape index (κ1) is 10.7. The highest BCUT2D eigenvalue weighted by Crippen LogP contribution is 2.18. The van der Waals surface area contributed by atoms with Gasteiger partial charge in [-0.1, -0.05) is 19.1 Å². The summed E-state index contributed by atoms with van der Waals surface area (Å²) >= 11 is 0. The van der Waals surface area contributed by atoms with Crippen LogP contribution < -0.4 is 4.74 Å². The molecule has 1 aromatic rings. The molecule has 0 bridgehead atoms. The number of ether oxygens (including phenoxy) is 1. The molecule has 0 heterocycles. The zero-order valence-corrected chi connectivity index (χ0v) is 8.18. The molecule has 14 heavy (non-hydrogen) atoms. The predicted octanol–water partition coefficient (Wildman–Crippen LogP) is 3.76. The van der Waals surface area contributed by atoms with Crippen LogP contribution in [0.1, 0.15) is 19.4 Å². The summed E-state index contributed by atoms with van der Waals surface area (Å²) in [5.74, 6) is -0.652. The van der Waals surface area contributed by atoms with Crippen LogP contribution in [-0.2, 0) is 6.42 Å². The highest BCUT2D eigenvalue weighted by Gasteiger charge is 2.03. The maximum atomic E-state index is 12.7. The lowest BCUT2D eigenvalue weighted by molar-refractivity contribution is 0.278. The molecule has 0 fully saturated rings. The second-order valence-electron chi connectivity index (χ2n) is 2.91. The van der Waals surface area contributed by atoms with Gasteiger partial charge in [-0.15, -0.1) is 0 Å². The van der Waals surface area contributed by atoms with E-state index in [1.165, 1.54) is 0 Å². The van der Waals surface area contributed by atoms with Crippen molar-refractivity contribution >= 4 is 0 Å². The molecule has 0 spiro atoms. The minimum absolute atomic E-state index is 0.303. The molecule has 1 aromatic carbocycles. The van der Waals surface area contributed by atoms with E-state index in [2.05, 4.69) is 4.74 Å². The largest absolute Gasteiger partial charge is 0.430 e. The minimum Gasteiger partial charge on any atom is -0.430 e. The fourth-order valence-corrected chi connectivity index (χ4v) is 0.967. The Morgan fingerprint density at radius 2 is 1.79 bits per heavy atom. The van der Waals surface area contributed by atoms with E-state index in [4.69, 9.17) is 0 Å². The second kappa shape index (κ2) is 4.74. The summed E-state index contributed by atoms with van der Waals surface area (Å²) in [6.45, 7) is 3.03. The molecule has 1 nitrogen and oxygen atoms in total. The molecule has 3 heteroatoms. The van der Waals surface area contributed by atoms with E-state index in [1.807, 2.05) is 19.1 Å². The van der Waals surface area contributed by atoms with Gasteiger partial charge in [-0.2, -0.15) is 4.39 Å². The summed E-state index contributed by atoms with van der Waals surface area (Å²) in [5, 5.41) is 0. The fraction of sp³-hybridized carbons (Fsp3) is 0.273. The van der Waals surface area contributed by atoms with Crippen LogP contribution >= 0.6 is 0 Å². The molecule has 76 valence electrons. The second-order valence-corrected chi connectivity index (χ2v) is 2.91. The third-order valence-corrected chi connectivity index (χ3v) is 1.81. The third-order valence-electron chi connectivity index (χ3n) is 1.81. The van der Waals surface area contributed by atoms with Crippen molar-refractivity contribution in [3.63, 3.8) is 0 Å². The van der Waals surface area contributed by atoms with Gasteiger partial charge >= 0.3 is 6.01 Å². The van der Waals surface area contributed by atoms with Crippen molar-refractivity contribution in [3.05, 3.63) is 41.7 Å². The first-order chi connectivity index (χ1) is 6.63. The van der Waals surface area contributed by atoms with Gasteiger partial charge in [0.15, 0.2) is 5.83 Å². The highest BCUT2D eigenvalue weighted by molar-refractivity contribution is 5.28. The number of hydrogen-bond acceptors (Lipinski definition) is 1. The minimum atomic E-state index is -1.19. The molecule has 0 aliphatic carbocycles. The van der Waals surface area contributed by atoms with E-state index in [9.17, 15) is 8.78 Å². The van der Waals surface area contributed by atoms with Crippen LogP contribution in [0.5, 0.6) is 5.75 Å². The van der Waals surface area contributed by atoms with Gasteiger partial charge in [0.1, 0.15) is 5.75 Å². The zero-order chi connectivity index (χ0) is 10.6. The van der Waals surface area contributed by atoms with Crippen molar-refractivity contribution in [2.75, 3.05) is 0 Å². The molecule has 0 saturated heterocycles. The summed E-state index contributed by atoms with van der Waals surface area (Å²) in [6, 6.07) is 5.67. The number of rotatable bonds is 3. The normalized spacial score (nSPS) is 12.3. The first-order valence-electron chi connectivity index (χ1n) is 4.42. The Kier molecular flexibility index (Phi) is 3.63. The van der Waals surface area contributed by atoms with E-state index < -0.39 is 11.8 Å². The molecular formula is C11H12F2O. The highest BCUT2D eigenvalue weighted by atomic mass is 19.2. The lowest BCUT2D eigenvalue weighted by Gasteiger charge is -2.03. The van der Waals surface area contributed by atoms with Gasteiger partial charge in [-0.25, -0.2) is 4.39 Å². The van der Waals surface area contributed by atoms with Gasteiger partial charge in [-0.05, 0) is 31.0 Å². The van der Waals surface area contributed by atoms with Gasteiger partial charge < -0.3 is 4.74 Å². The topological polar surface area (TPSA) is 9.23 Å². The number of halogens is 2. The molecule has 0 radical (unpaired) electrons. The molecule has 0 unspecified atom stereocenters. The Hall–Kier alpha value is -1.38. The van der Waals surface area contributed by atoms with Crippen LogP contribution in [0.3, 0.4) is 0 Å². The van der Waals surface area contributed by atoms with Gasteiger partial charge in [-0.3, -0.25) is 0 Å². The molecular weight excluding hydrogens is 186 g/mol. The Balaban J connectivity index is 2.74. The average molecular weight is 198 g/mol. The number of allylic oxidation sites excluding steroid dienone is 1. The molecule has 0 saturated carbocycles. The molecule has 0 aliphatic heterocycles. The van der Waals surface area contributed by atoms with Crippen LogP contribution in [0, 0.1) is 0 Å². The summed E-state index contributed by atoms with van der Waals surface area (Å²) in [6.07, 6.45) is 0.904. The van der Waals surface area contributed by atoms with Gasteiger partial charge in [0.2, 0.25) is 0 Å². The van der Waals surface area contributed by atoms with E-state index in [-0.39, 0.29) is 0 Å². The average Bonchev–Trinajstić information content (AvgIpc) is 2.19. The third kappa shape index (κ3) is 2.83. The van der Waals surface area contributed by atoms with Crippen LogP contribution in [-0.4, -0.2) is 0 Å². The smallest absolute Gasteiger partial charge is 0.309 e. The van der Waals surface area contributed by atoms with Crippen molar-refractivity contribution in [1.29, 1.82) is 0 Å². The fourth-order valence-electron chi connectivity index (χ4n) is 0.967. The maximum absolute atomic E-state index is 12.7. The van der Waals surface area contributed by atoms with E-state index in [1.54, 1.807) is 12.1 Å². The summed E-state index contributed by atoms with van der Waals surface area (Å²) < 4.78 is 29.6. The number of hydrogen-bond donors (Lipinski definition) is 0. The van der Waals surface area contributed by atoms with E-state index in [0.717, 1.165) is 18.9 Å². The van der Waals surface area contributed by atoms with Crippen molar-refractivity contribution in [2.24, 2.45) is 0 Å². The van der Waals surface area contributed by atoms with Crippen LogP contribution in [0.25, 0.3) is 0 Å². The standard InChI is InChI=1S/C11H12F2O/c1-3-9-4-6-10(7-5-9)14-11(13)8(2)12/h4-7H,3H2,1-2H3/b11-8+. The van der Waals surface area contributed by atoms with Gasteiger partial charge in [0.05, 0.1) is 0 Å². The predicted molar refractivity (Wildman–Crippen MR) is 51.4 cm³/mol. The van der Waals surface area contributed by atoms with Crippen LogP contribution in [0.2, 0.25) is 0 Å². The Labute approximate surface area is 82.0 Å². The Morgan fingerprint density at radius 1 is 1.21 bits per heavy atom. The molecule has 0 amide bonds. The lowest BCUT2D eigenvalue weighted by Crippen LogP contribution is -1.91.